The molecule has 5 nitrogen and oxygen atoms in total. The maximum Gasteiger partial charge on any atom is 0.387 e. The molecule has 1 unspecified atom stereocenters. The van der Waals surface area contributed by atoms with Gasteiger partial charge in [-0.2, -0.15) is 8.78 Å². The van der Waals surface area contributed by atoms with Crippen LogP contribution in [0.5, 0.6) is 5.75 Å². The first kappa shape index (κ1) is 17.6. The summed E-state index contributed by atoms with van der Waals surface area (Å²) in [6, 6.07) is 13.2. The Morgan fingerprint density at radius 2 is 1.88 bits per heavy atom. The number of carbonyl (C=O) groups excluding carboxylic acids is 1. The summed E-state index contributed by atoms with van der Waals surface area (Å²) in [5, 5.41) is 2.80. The minimum Gasteiger partial charge on any atom is -0.434 e. The first-order valence-electron chi connectivity index (χ1n) is 7.97. The lowest BCUT2D eigenvalue weighted by Gasteiger charge is -2.16. The van der Waals surface area contributed by atoms with Crippen molar-refractivity contribution in [2.45, 2.75) is 19.6 Å². The van der Waals surface area contributed by atoms with Gasteiger partial charge in [-0.15, -0.1) is 0 Å². The van der Waals surface area contributed by atoms with E-state index in [4.69, 9.17) is 0 Å². The van der Waals surface area contributed by atoms with Crippen LogP contribution in [-0.4, -0.2) is 22.1 Å². The number of hydrogen-bond donors (Lipinski definition) is 1. The van der Waals surface area contributed by atoms with E-state index >= 15 is 0 Å². The summed E-state index contributed by atoms with van der Waals surface area (Å²) < 4.78 is 31.2. The number of imidazole rings is 1. The predicted molar refractivity (Wildman–Crippen MR) is 92.5 cm³/mol. The Kier molecular flexibility index (Phi) is 5.26. The molecule has 0 radical (unpaired) electrons. The van der Waals surface area contributed by atoms with Gasteiger partial charge in [-0.3, -0.25) is 4.79 Å². The second-order valence-electron chi connectivity index (χ2n) is 5.63. The van der Waals surface area contributed by atoms with Crippen molar-refractivity contribution in [3.63, 3.8) is 0 Å². The topological polar surface area (TPSA) is 56.1 Å². The Labute approximate surface area is 149 Å². The van der Waals surface area contributed by atoms with Crippen LogP contribution < -0.4 is 10.1 Å². The second kappa shape index (κ2) is 7.77. The third-order valence-corrected chi connectivity index (χ3v) is 3.89. The van der Waals surface area contributed by atoms with Crippen LogP contribution in [0, 0.1) is 0 Å². The Hall–Kier alpha value is -3.22. The van der Waals surface area contributed by atoms with Crippen LogP contribution in [-0.2, 0) is 0 Å². The normalized spacial score (nSPS) is 12.0. The van der Waals surface area contributed by atoms with Gasteiger partial charge >= 0.3 is 6.61 Å². The Balaban J connectivity index is 1.72. The number of carbonyl (C=O) groups is 1. The van der Waals surface area contributed by atoms with Crippen molar-refractivity contribution in [3.8, 4) is 11.4 Å². The van der Waals surface area contributed by atoms with Gasteiger partial charge in [0.25, 0.3) is 5.91 Å². The molecule has 0 fully saturated rings. The molecule has 0 saturated heterocycles. The molecule has 1 heterocycles. The SMILES string of the molecule is CC(NC(=O)c1ccccc1OC(F)F)c1ccc(-n2ccnc2)cc1. The van der Waals surface area contributed by atoms with Crippen molar-refractivity contribution in [2.24, 2.45) is 0 Å². The van der Waals surface area contributed by atoms with Gasteiger partial charge in [-0.25, -0.2) is 4.98 Å². The van der Waals surface area contributed by atoms with E-state index in [1.54, 1.807) is 18.6 Å². The van der Waals surface area contributed by atoms with Crippen molar-refractivity contribution >= 4 is 5.91 Å². The lowest BCUT2D eigenvalue weighted by atomic mass is 10.1. The molecule has 1 amide bonds. The number of nitrogens with zero attached hydrogens (tertiary/aromatic N) is 2. The average molecular weight is 357 g/mol. The summed E-state index contributed by atoms with van der Waals surface area (Å²) in [4.78, 5) is 16.4. The summed E-state index contributed by atoms with van der Waals surface area (Å²) in [5.74, 6) is -0.630. The molecule has 0 saturated carbocycles. The van der Waals surface area contributed by atoms with Gasteiger partial charge in [0, 0.05) is 18.1 Å². The molecule has 3 aromatic rings. The summed E-state index contributed by atoms with van der Waals surface area (Å²) in [6.07, 6.45) is 5.22. The van der Waals surface area contributed by atoms with Gasteiger partial charge in [-0.05, 0) is 36.8 Å². The molecule has 0 bridgehead atoms. The molecular formula is C19H17F2N3O2. The zero-order valence-electron chi connectivity index (χ0n) is 14.0. The van der Waals surface area contributed by atoms with Crippen LogP contribution in [0.4, 0.5) is 8.78 Å². The number of halogens is 2. The third kappa shape index (κ3) is 4.05. The number of aromatic nitrogens is 2. The first-order chi connectivity index (χ1) is 12.5. The Bertz CT molecular complexity index is 865. The molecule has 0 spiro atoms. The molecule has 26 heavy (non-hydrogen) atoms. The lowest BCUT2D eigenvalue weighted by Crippen LogP contribution is -2.27. The van der Waals surface area contributed by atoms with Gasteiger partial charge in [0.1, 0.15) is 5.75 Å². The first-order valence-corrected chi connectivity index (χ1v) is 7.97. The molecule has 1 atom stereocenters. The van der Waals surface area contributed by atoms with Crippen molar-refractivity contribution in [3.05, 3.63) is 78.4 Å². The van der Waals surface area contributed by atoms with Crippen LogP contribution in [0.15, 0.2) is 67.3 Å². The third-order valence-electron chi connectivity index (χ3n) is 3.89. The lowest BCUT2D eigenvalue weighted by molar-refractivity contribution is -0.0501. The summed E-state index contributed by atoms with van der Waals surface area (Å²) in [7, 11) is 0. The Morgan fingerprint density at radius 1 is 1.15 bits per heavy atom. The fourth-order valence-electron chi connectivity index (χ4n) is 2.56. The van der Waals surface area contributed by atoms with Crippen LogP contribution in [0.3, 0.4) is 0 Å². The maximum absolute atomic E-state index is 12.5. The fraction of sp³-hybridized carbons (Fsp3) is 0.158. The highest BCUT2D eigenvalue weighted by molar-refractivity contribution is 5.97. The van der Waals surface area contributed by atoms with Gasteiger partial charge in [-0.1, -0.05) is 24.3 Å². The van der Waals surface area contributed by atoms with Crippen molar-refractivity contribution in [1.82, 2.24) is 14.9 Å². The molecule has 0 aliphatic rings. The molecule has 3 rings (SSSR count). The second-order valence-corrected chi connectivity index (χ2v) is 5.63. The number of nitrogens with one attached hydrogen (secondary N) is 1. The largest absolute Gasteiger partial charge is 0.434 e. The highest BCUT2D eigenvalue weighted by Crippen LogP contribution is 2.22. The monoisotopic (exact) mass is 357 g/mol. The predicted octanol–water partition coefficient (Wildman–Crippen LogP) is 3.96. The number of amides is 1. The smallest absolute Gasteiger partial charge is 0.387 e. The summed E-state index contributed by atoms with van der Waals surface area (Å²) in [6.45, 7) is -1.17. The number of rotatable bonds is 6. The molecule has 2 aromatic carbocycles. The highest BCUT2D eigenvalue weighted by Gasteiger charge is 2.17. The summed E-state index contributed by atoms with van der Waals surface area (Å²) in [5.41, 5.74) is 1.89. The number of benzene rings is 2. The zero-order valence-corrected chi connectivity index (χ0v) is 14.0. The molecular weight excluding hydrogens is 340 g/mol. The van der Waals surface area contributed by atoms with E-state index in [-0.39, 0.29) is 17.4 Å². The number of para-hydroxylation sites is 1. The van der Waals surface area contributed by atoms with Crippen LogP contribution in [0.1, 0.15) is 28.9 Å². The quantitative estimate of drug-likeness (QED) is 0.726. The highest BCUT2D eigenvalue weighted by atomic mass is 19.3. The molecule has 0 aliphatic carbocycles. The van der Waals surface area contributed by atoms with E-state index < -0.39 is 12.5 Å². The molecule has 134 valence electrons. The van der Waals surface area contributed by atoms with E-state index in [9.17, 15) is 13.6 Å². The standard InChI is InChI=1S/C19H17F2N3O2/c1-13(14-6-8-15(9-7-14)24-11-10-22-12-24)23-18(25)16-4-2-3-5-17(16)26-19(20)21/h2-13,19H,1H3,(H,23,25). The van der Waals surface area contributed by atoms with E-state index in [0.29, 0.717) is 0 Å². The number of ether oxygens (including phenoxy) is 1. The minimum atomic E-state index is -2.99. The van der Waals surface area contributed by atoms with Crippen molar-refractivity contribution in [2.75, 3.05) is 0 Å². The average Bonchev–Trinajstić information content (AvgIpc) is 3.16. The van der Waals surface area contributed by atoms with Gasteiger partial charge < -0.3 is 14.6 Å². The van der Waals surface area contributed by atoms with Gasteiger partial charge in [0.15, 0.2) is 0 Å². The molecule has 1 N–H and O–H groups in total. The van der Waals surface area contributed by atoms with E-state index in [2.05, 4.69) is 15.0 Å². The molecule has 1 aromatic heterocycles. The van der Waals surface area contributed by atoms with Crippen LogP contribution in [0.2, 0.25) is 0 Å². The number of alkyl halides is 2. The minimum absolute atomic E-state index is 0.0645. The summed E-state index contributed by atoms with van der Waals surface area (Å²) >= 11 is 0. The fourth-order valence-corrected chi connectivity index (χ4v) is 2.56. The van der Waals surface area contributed by atoms with E-state index in [1.165, 1.54) is 18.2 Å². The van der Waals surface area contributed by atoms with Crippen molar-refractivity contribution < 1.29 is 18.3 Å². The van der Waals surface area contributed by atoms with Gasteiger partial charge in [0.2, 0.25) is 0 Å². The zero-order chi connectivity index (χ0) is 18.5. The van der Waals surface area contributed by atoms with Crippen LogP contribution in [0.25, 0.3) is 5.69 Å². The molecule has 0 aliphatic heterocycles. The number of hydrogen-bond acceptors (Lipinski definition) is 3. The van der Waals surface area contributed by atoms with E-state index in [0.717, 1.165) is 11.3 Å². The van der Waals surface area contributed by atoms with Crippen LogP contribution >= 0.6 is 0 Å². The van der Waals surface area contributed by atoms with Gasteiger partial charge in [0.05, 0.1) is 17.9 Å². The Morgan fingerprint density at radius 3 is 2.54 bits per heavy atom. The maximum atomic E-state index is 12.5. The molecule has 7 heteroatoms. The van der Waals surface area contributed by atoms with E-state index in [1.807, 2.05) is 42.0 Å². The van der Waals surface area contributed by atoms with Crippen molar-refractivity contribution in [1.29, 1.82) is 0 Å².